The second-order valence-corrected chi connectivity index (χ2v) is 6.55. The molecule has 1 amide bonds. The van der Waals surface area contributed by atoms with Gasteiger partial charge in [0.1, 0.15) is 11.5 Å². The lowest BCUT2D eigenvalue weighted by molar-refractivity contribution is -0.141. The van der Waals surface area contributed by atoms with Gasteiger partial charge in [0, 0.05) is 6.04 Å². The molecule has 0 saturated heterocycles. The lowest BCUT2D eigenvalue weighted by atomic mass is 10.1. The van der Waals surface area contributed by atoms with Gasteiger partial charge < -0.3 is 19.2 Å². The highest BCUT2D eigenvalue weighted by atomic mass is 16.5. The minimum Gasteiger partial charge on any atom is -0.481 e. The largest absolute Gasteiger partial charge is 0.481 e. The van der Waals surface area contributed by atoms with E-state index in [1.165, 1.54) is 0 Å². The Morgan fingerprint density at radius 1 is 1.32 bits per heavy atom. The fourth-order valence-electron chi connectivity index (χ4n) is 3.38. The zero-order valence-corrected chi connectivity index (χ0v) is 14.6. The summed E-state index contributed by atoms with van der Waals surface area (Å²) in [6.07, 6.45) is 5.40. The zero-order chi connectivity index (χ0) is 17.6. The molecule has 1 fully saturated rings. The van der Waals surface area contributed by atoms with E-state index in [1.807, 2.05) is 29.2 Å². The van der Waals surface area contributed by atoms with Gasteiger partial charge in [-0.2, -0.15) is 0 Å². The van der Waals surface area contributed by atoms with Crippen molar-refractivity contribution in [2.45, 2.75) is 57.9 Å². The Balaban J connectivity index is 1.71. The molecule has 3 rings (SSSR count). The van der Waals surface area contributed by atoms with Crippen LogP contribution in [-0.4, -0.2) is 28.1 Å². The third-order valence-electron chi connectivity index (χ3n) is 4.70. The number of aliphatic hydroxyl groups excluding tert-OH is 1. The summed E-state index contributed by atoms with van der Waals surface area (Å²) in [6, 6.07) is 11.2. The summed E-state index contributed by atoms with van der Waals surface area (Å²) in [4.78, 5) is 14.9. The molecule has 1 atom stereocenters. The van der Waals surface area contributed by atoms with Crippen LogP contribution in [0.2, 0.25) is 0 Å². The first-order valence-electron chi connectivity index (χ1n) is 8.86. The van der Waals surface area contributed by atoms with E-state index in [2.05, 4.69) is 0 Å². The van der Waals surface area contributed by atoms with Crippen molar-refractivity contribution in [1.29, 1.82) is 0 Å². The van der Waals surface area contributed by atoms with E-state index in [-0.39, 0.29) is 18.6 Å². The molecule has 1 aliphatic carbocycles. The van der Waals surface area contributed by atoms with Gasteiger partial charge >= 0.3 is 0 Å². The molecule has 5 nitrogen and oxygen atoms in total. The molecule has 25 heavy (non-hydrogen) atoms. The molecule has 5 heteroatoms. The molecule has 134 valence electrons. The summed E-state index contributed by atoms with van der Waals surface area (Å²) in [5.41, 5.74) is 0.764. The number of amides is 1. The number of furan rings is 1. The first kappa shape index (κ1) is 17.5. The highest BCUT2D eigenvalue weighted by Gasteiger charge is 2.31. The van der Waals surface area contributed by atoms with Crippen LogP contribution in [0.5, 0.6) is 5.75 Å². The number of rotatable bonds is 7. The Morgan fingerprint density at radius 3 is 2.80 bits per heavy atom. The lowest BCUT2D eigenvalue weighted by Gasteiger charge is -2.30. The number of carbonyl (C=O) groups is 1. The van der Waals surface area contributed by atoms with E-state index in [9.17, 15) is 9.90 Å². The topological polar surface area (TPSA) is 62.9 Å². The van der Waals surface area contributed by atoms with Gasteiger partial charge in [0.25, 0.3) is 5.91 Å². The summed E-state index contributed by atoms with van der Waals surface area (Å²) in [6.45, 7) is 2.20. The molecule has 1 heterocycles. The summed E-state index contributed by atoms with van der Waals surface area (Å²) in [5, 5.41) is 9.24. The van der Waals surface area contributed by atoms with Crippen LogP contribution in [0, 0.1) is 0 Å². The van der Waals surface area contributed by atoms with Crippen molar-refractivity contribution in [1.82, 2.24) is 4.90 Å². The number of benzene rings is 1. The normalized spacial score (nSPS) is 15.9. The van der Waals surface area contributed by atoms with E-state index in [4.69, 9.17) is 9.15 Å². The van der Waals surface area contributed by atoms with Gasteiger partial charge in [0.05, 0.1) is 19.4 Å². The fraction of sp³-hybridized carbons (Fsp3) is 0.450. The highest BCUT2D eigenvalue weighted by Crippen LogP contribution is 2.26. The number of aliphatic hydroxyl groups is 1. The summed E-state index contributed by atoms with van der Waals surface area (Å²) in [7, 11) is 0. The maximum Gasteiger partial charge on any atom is 0.264 e. The summed E-state index contributed by atoms with van der Waals surface area (Å²) >= 11 is 0. The van der Waals surface area contributed by atoms with Crippen molar-refractivity contribution < 1.29 is 19.1 Å². The standard InChI is InChI=1S/C20H25NO4/c1-15(25-18-9-4-6-16(12-18)14-22)20(23)21(17-7-2-3-8-17)13-19-10-5-11-24-19/h4-6,9-12,15,17,22H,2-3,7-8,13-14H2,1H3. The Bertz CT molecular complexity index is 677. The monoisotopic (exact) mass is 343 g/mol. The Kier molecular flexibility index (Phi) is 5.76. The number of hydrogen-bond acceptors (Lipinski definition) is 4. The van der Waals surface area contributed by atoms with Crippen molar-refractivity contribution in [3.05, 3.63) is 54.0 Å². The molecule has 0 radical (unpaired) electrons. The molecular formula is C20H25NO4. The van der Waals surface area contributed by atoms with Gasteiger partial charge in [0.15, 0.2) is 6.10 Å². The second kappa shape index (κ2) is 8.21. The first-order chi connectivity index (χ1) is 12.2. The van der Waals surface area contributed by atoms with Gasteiger partial charge in [-0.1, -0.05) is 25.0 Å². The highest BCUT2D eigenvalue weighted by molar-refractivity contribution is 5.81. The maximum atomic E-state index is 13.0. The Morgan fingerprint density at radius 2 is 2.12 bits per heavy atom. The van der Waals surface area contributed by atoms with E-state index in [1.54, 1.807) is 25.3 Å². The summed E-state index contributed by atoms with van der Waals surface area (Å²) in [5.74, 6) is 1.35. The van der Waals surface area contributed by atoms with E-state index in [0.29, 0.717) is 12.3 Å². The molecule has 1 aliphatic rings. The second-order valence-electron chi connectivity index (χ2n) is 6.55. The van der Waals surface area contributed by atoms with Gasteiger partial charge in [-0.25, -0.2) is 0 Å². The van der Waals surface area contributed by atoms with Crippen molar-refractivity contribution in [2.75, 3.05) is 0 Å². The minimum atomic E-state index is -0.593. The number of hydrogen-bond donors (Lipinski definition) is 1. The Hall–Kier alpha value is -2.27. The van der Waals surface area contributed by atoms with Crippen LogP contribution in [-0.2, 0) is 17.9 Å². The van der Waals surface area contributed by atoms with Crippen LogP contribution in [0.1, 0.15) is 43.9 Å². The number of nitrogens with zero attached hydrogens (tertiary/aromatic N) is 1. The van der Waals surface area contributed by atoms with Crippen LogP contribution in [0.25, 0.3) is 0 Å². The Labute approximate surface area is 148 Å². The molecule has 1 unspecified atom stereocenters. The molecular weight excluding hydrogens is 318 g/mol. The third-order valence-corrected chi connectivity index (χ3v) is 4.70. The van der Waals surface area contributed by atoms with Gasteiger partial charge in [-0.15, -0.1) is 0 Å². The maximum absolute atomic E-state index is 13.0. The molecule has 1 N–H and O–H groups in total. The molecule has 0 bridgehead atoms. The molecule has 1 aromatic carbocycles. The van der Waals surface area contributed by atoms with E-state index >= 15 is 0 Å². The SMILES string of the molecule is CC(Oc1cccc(CO)c1)C(=O)N(Cc1ccco1)C1CCCC1. The van der Waals surface area contributed by atoms with Gasteiger partial charge in [0.2, 0.25) is 0 Å². The van der Waals surface area contributed by atoms with Crippen molar-refractivity contribution in [2.24, 2.45) is 0 Å². The van der Waals surface area contributed by atoms with Gasteiger partial charge in [-0.3, -0.25) is 4.79 Å². The third kappa shape index (κ3) is 4.42. The van der Waals surface area contributed by atoms with Crippen LogP contribution in [0.3, 0.4) is 0 Å². The minimum absolute atomic E-state index is 0.0299. The zero-order valence-electron chi connectivity index (χ0n) is 14.6. The molecule has 1 aromatic heterocycles. The van der Waals surface area contributed by atoms with Crippen LogP contribution in [0.15, 0.2) is 47.1 Å². The summed E-state index contributed by atoms with van der Waals surface area (Å²) < 4.78 is 11.3. The van der Waals surface area contributed by atoms with Crippen molar-refractivity contribution >= 4 is 5.91 Å². The number of carbonyl (C=O) groups excluding carboxylic acids is 1. The number of ether oxygens (including phenoxy) is 1. The van der Waals surface area contributed by atoms with Crippen LogP contribution in [0.4, 0.5) is 0 Å². The lowest BCUT2D eigenvalue weighted by Crippen LogP contribution is -2.45. The molecule has 1 saturated carbocycles. The molecule has 2 aromatic rings. The average Bonchev–Trinajstić information content (AvgIpc) is 3.33. The van der Waals surface area contributed by atoms with Crippen LogP contribution < -0.4 is 4.74 Å². The predicted octanol–water partition coefficient (Wildman–Crippen LogP) is 3.51. The van der Waals surface area contributed by atoms with Crippen molar-refractivity contribution in [3.63, 3.8) is 0 Å². The van der Waals surface area contributed by atoms with Gasteiger partial charge in [-0.05, 0) is 49.6 Å². The quantitative estimate of drug-likeness (QED) is 0.836. The van der Waals surface area contributed by atoms with Crippen LogP contribution >= 0.6 is 0 Å². The van der Waals surface area contributed by atoms with E-state index < -0.39 is 6.10 Å². The van der Waals surface area contributed by atoms with Crippen molar-refractivity contribution in [3.8, 4) is 5.75 Å². The fourth-order valence-corrected chi connectivity index (χ4v) is 3.38. The molecule has 0 aliphatic heterocycles. The first-order valence-corrected chi connectivity index (χ1v) is 8.86. The molecule has 0 spiro atoms. The van der Waals surface area contributed by atoms with E-state index in [0.717, 1.165) is 37.0 Å². The smallest absolute Gasteiger partial charge is 0.264 e. The average molecular weight is 343 g/mol. The predicted molar refractivity (Wildman–Crippen MR) is 94.0 cm³/mol.